The highest BCUT2D eigenvalue weighted by molar-refractivity contribution is 5.63. The lowest BCUT2D eigenvalue weighted by Crippen LogP contribution is -2.23. The SMILES string of the molecule is CCCc1cc(N(CCCN)c2ccccc2C)ncn1. The molecule has 2 rings (SSSR count). The Morgan fingerprint density at radius 2 is 2.00 bits per heavy atom. The van der Waals surface area contributed by atoms with Crippen LogP contribution in [0.5, 0.6) is 0 Å². The van der Waals surface area contributed by atoms with Crippen LogP contribution in [0.15, 0.2) is 36.7 Å². The third-order valence-corrected chi connectivity index (χ3v) is 3.48. The molecule has 0 aliphatic heterocycles. The number of aryl methyl sites for hydroxylation is 2. The first-order chi connectivity index (χ1) is 10.3. The number of benzene rings is 1. The van der Waals surface area contributed by atoms with Gasteiger partial charge in [0.1, 0.15) is 12.1 Å². The van der Waals surface area contributed by atoms with Gasteiger partial charge in [-0.2, -0.15) is 0 Å². The van der Waals surface area contributed by atoms with E-state index < -0.39 is 0 Å². The van der Waals surface area contributed by atoms with Gasteiger partial charge in [-0.3, -0.25) is 0 Å². The van der Waals surface area contributed by atoms with Crippen LogP contribution >= 0.6 is 0 Å². The molecule has 0 bridgehead atoms. The number of rotatable bonds is 7. The molecule has 0 saturated carbocycles. The molecule has 112 valence electrons. The molecule has 0 radical (unpaired) electrons. The highest BCUT2D eigenvalue weighted by Gasteiger charge is 2.13. The van der Waals surface area contributed by atoms with Crippen molar-refractivity contribution in [2.24, 2.45) is 5.73 Å². The third-order valence-electron chi connectivity index (χ3n) is 3.48. The average Bonchev–Trinajstić information content (AvgIpc) is 2.50. The second-order valence-corrected chi connectivity index (χ2v) is 5.20. The van der Waals surface area contributed by atoms with Crippen LogP contribution in [0.2, 0.25) is 0 Å². The minimum Gasteiger partial charge on any atom is -0.330 e. The van der Waals surface area contributed by atoms with Gasteiger partial charge in [-0.25, -0.2) is 9.97 Å². The molecule has 0 saturated heterocycles. The van der Waals surface area contributed by atoms with E-state index in [0.717, 1.165) is 37.3 Å². The number of anilines is 2. The molecule has 4 nitrogen and oxygen atoms in total. The molecule has 0 aliphatic rings. The van der Waals surface area contributed by atoms with Crippen molar-refractivity contribution >= 4 is 11.5 Å². The summed E-state index contributed by atoms with van der Waals surface area (Å²) in [7, 11) is 0. The lowest BCUT2D eigenvalue weighted by molar-refractivity contribution is 0.800. The van der Waals surface area contributed by atoms with E-state index in [1.54, 1.807) is 6.33 Å². The third kappa shape index (κ3) is 4.02. The number of hydrogen-bond donors (Lipinski definition) is 1. The maximum Gasteiger partial charge on any atom is 0.136 e. The van der Waals surface area contributed by atoms with E-state index in [1.165, 1.54) is 11.3 Å². The Balaban J connectivity index is 2.36. The zero-order valence-electron chi connectivity index (χ0n) is 12.9. The number of nitrogens with two attached hydrogens (primary N) is 1. The van der Waals surface area contributed by atoms with Crippen molar-refractivity contribution in [3.8, 4) is 0 Å². The van der Waals surface area contributed by atoms with E-state index in [2.05, 4.69) is 59.0 Å². The molecule has 0 atom stereocenters. The summed E-state index contributed by atoms with van der Waals surface area (Å²) in [6, 6.07) is 10.5. The quantitative estimate of drug-likeness (QED) is 0.848. The fourth-order valence-electron chi connectivity index (χ4n) is 2.40. The second kappa shape index (κ2) is 7.74. The summed E-state index contributed by atoms with van der Waals surface area (Å²) in [5.74, 6) is 0.955. The lowest BCUT2D eigenvalue weighted by Gasteiger charge is -2.25. The van der Waals surface area contributed by atoms with E-state index in [4.69, 9.17) is 5.73 Å². The number of para-hydroxylation sites is 1. The summed E-state index contributed by atoms with van der Waals surface area (Å²) in [5.41, 5.74) is 9.21. The van der Waals surface area contributed by atoms with Gasteiger partial charge in [-0.05, 0) is 37.9 Å². The van der Waals surface area contributed by atoms with Crippen LogP contribution in [0.3, 0.4) is 0 Å². The molecule has 1 aromatic heterocycles. The lowest BCUT2D eigenvalue weighted by atomic mass is 10.1. The zero-order chi connectivity index (χ0) is 15.1. The number of aromatic nitrogens is 2. The monoisotopic (exact) mass is 284 g/mol. The minimum atomic E-state index is 0.676. The van der Waals surface area contributed by atoms with Gasteiger partial charge < -0.3 is 10.6 Å². The molecule has 2 aromatic rings. The number of hydrogen-bond acceptors (Lipinski definition) is 4. The van der Waals surface area contributed by atoms with Crippen molar-refractivity contribution in [2.75, 3.05) is 18.0 Å². The smallest absolute Gasteiger partial charge is 0.136 e. The van der Waals surface area contributed by atoms with Gasteiger partial charge in [0.15, 0.2) is 0 Å². The van der Waals surface area contributed by atoms with Gasteiger partial charge in [0.25, 0.3) is 0 Å². The van der Waals surface area contributed by atoms with E-state index >= 15 is 0 Å². The number of nitrogens with zero attached hydrogens (tertiary/aromatic N) is 3. The molecular formula is C17H24N4. The van der Waals surface area contributed by atoms with E-state index in [-0.39, 0.29) is 0 Å². The highest BCUT2D eigenvalue weighted by Crippen LogP contribution is 2.27. The van der Waals surface area contributed by atoms with E-state index in [1.807, 2.05) is 0 Å². The highest BCUT2D eigenvalue weighted by atomic mass is 15.2. The van der Waals surface area contributed by atoms with Crippen molar-refractivity contribution < 1.29 is 0 Å². The van der Waals surface area contributed by atoms with E-state index in [0.29, 0.717) is 6.54 Å². The summed E-state index contributed by atoms with van der Waals surface area (Å²) in [4.78, 5) is 11.1. The summed E-state index contributed by atoms with van der Waals surface area (Å²) in [5, 5.41) is 0. The molecule has 0 spiro atoms. The molecule has 0 unspecified atom stereocenters. The van der Waals surface area contributed by atoms with Crippen LogP contribution in [0.1, 0.15) is 31.0 Å². The average molecular weight is 284 g/mol. The molecule has 4 heteroatoms. The molecule has 2 N–H and O–H groups in total. The van der Waals surface area contributed by atoms with E-state index in [9.17, 15) is 0 Å². The van der Waals surface area contributed by atoms with Crippen molar-refractivity contribution in [1.82, 2.24) is 9.97 Å². The first kappa shape index (κ1) is 15.4. The van der Waals surface area contributed by atoms with Crippen molar-refractivity contribution in [1.29, 1.82) is 0 Å². The van der Waals surface area contributed by atoms with Crippen molar-refractivity contribution in [2.45, 2.75) is 33.1 Å². The Hall–Kier alpha value is -1.94. The standard InChI is InChI=1S/C17H24N4/c1-3-7-15-12-17(20-13-19-15)21(11-6-10-18)16-9-5-4-8-14(16)2/h4-5,8-9,12-13H,3,6-7,10-11,18H2,1-2H3. The largest absolute Gasteiger partial charge is 0.330 e. The van der Waals surface area contributed by atoms with Crippen molar-refractivity contribution in [3.05, 3.63) is 47.9 Å². The minimum absolute atomic E-state index is 0.676. The van der Waals surface area contributed by atoms with Gasteiger partial charge in [0, 0.05) is 24.0 Å². The van der Waals surface area contributed by atoms with Crippen molar-refractivity contribution in [3.63, 3.8) is 0 Å². The Kier molecular flexibility index (Phi) is 5.69. The fourth-order valence-corrected chi connectivity index (χ4v) is 2.40. The first-order valence-electron chi connectivity index (χ1n) is 7.60. The Morgan fingerprint density at radius 1 is 1.19 bits per heavy atom. The van der Waals surface area contributed by atoms with Crippen LogP contribution in [0.4, 0.5) is 11.5 Å². The first-order valence-corrected chi connectivity index (χ1v) is 7.60. The van der Waals surface area contributed by atoms with Gasteiger partial charge in [0.2, 0.25) is 0 Å². The Labute approximate surface area is 127 Å². The summed E-state index contributed by atoms with van der Waals surface area (Å²) in [6.45, 7) is 5.83. The fraction of sp³-hybridized carbons (Fsp3) is 0.412. The van der Waals surface area contributed by atoms with Crippen LogP contribution in [-0.4, -0.2) is 23.1 Å². The normalized spacial score (nSPS) is 10.6. The maximum absolute atomic E-state index is 5.69. The van der Waals surface area contributed by atoms with Crippen LogP contribution < -0.4 is 10.6 Å². The molecule has 1 aromatic carbocycles. The van der Waals surface area contributed by atoms with Gasteiger partial charge >= 0.3 is 0 Å². The topological polar surface area (TPSA) is 55.0 Å². The predicted molar refractivity (Wildman–Crippen MR) is 87.9 cm³/mol. The van der Waals surface area contributed by atoms with Gasteiger partial charge in [-0.1, -0.05) is 31.5 Å². The van der Waals surface area contributed by atoms with Crippen LogP contribution in [0, 0.1) is 6.92 Å². The zero-order valence-corrected chi connectivity index (χ0v) is 12.9. The van der Waals surface area contributed by atoms with Crippen LogP contribution in [0.25, 0.3) is 0 Å². The van der Waals surface area contributed by atoms with Gasteiger partial charge in [0.05, 0.1) is 0 Å². The predicted octanol–water partition coefficient (Wildman–Crippen LogP) is 3.22. The Morgan fingerprint density at radius 3 is 2.71 bits per heavy atom. The van der Waals surface area contributed by atoms with Gasteiger partial charge in [-0.15, -0.1) is 0 Å². The summed E-state index contributed by atoms with van der Waals surface area (Å²) in [6.07, 6.45) is 4.66. The molecule has 1 heterocycles. The Bertz CT molecular complexity index is 568. The molecule has 0 fully saturated rings. The second-order valence-electron chi connectivity index (χ2n) is 5.20. The summed E-state index contributed by atoms with van der Waals surface area (Å²) < 4.78 is 0. The maximum atomic E-state index is 5.69. The molecule has 21 heavy (non-hydrogen) atoms. The molecule has 0 amide bonds. The molecular weight excluding hydrogens is 260 g/mol. The van der Waals surface area contributed by atoms with Crippen LogP contribution in [-0.2, 0) is 6.42 Å². The molecule has 0 aliphatic carbocycles. The summed E-state index contributed by atoms with van der Waals surface area (Å²) >= 11 is 0.